The lowest BCUT2D eigenvalue weighted by Gasteiger charge is -2.49. The normalized spacial score (nSPS) is 27.8. The van der Waals surface area contributed by atoms with Crippen LogP contribution in [0.1, 0.15) is 24.2 Å². The fourth-order valence-electron chi connectivity index (χ4n) is 5.40. The zero-order valence-electron chi connectivity index (χ0n) is 19.0. The van der Waals surface area contributed by atoms with Gasteiger partial charge in [-0.15, -0.1) is 0 Å². The molecule has 4 unspecified atom stereocenters. The van der Waals surface area contributed by atoms with E-state index in [4.69, 9.17) is 38.1 Å². The Hall–Kier alpha value is -3.86. The first kappa shape index (κ1) is 23.9. The van der Waals surface area contributed by atoms with Crippen molar-refractivity contribution in [3.8, 4) is 29.3 Å². The van der Waals surface area contributed by atoms with Gasteiger partial charge in [-0.1, -0.05) is 84.7 Å². The van der Waals surface area contributed by atoms with Gasteiger partial charge in [0.25, 0.3) is 0 Å². The number of hydrogen-bond donors (Lipinski definition) is 1. The van der Waals surface area contributed by atoms with Crippen LogP contribution in [-0.2, 0) is 15.3 Å². The van der Waals surface area contributed by atoms with E-state index in [9.17, 15) is 15.8 Å². The molecule has 4 atom stereocenters. The van der Waals surface area contributed by atoms with E-state index in [0.717, 1.165) is 11.1 Å². The van der Waals surface area contributed by atoms with Crippen molar-refractivity contribution in [3.05, 3.63) is 94.0 Å². The molecule has 1 N–H and O–H groups in total. The largest absolute Gasteiger partial charge is 0.443 e. The Labute approximate surface area is 218 Å². The van der Waals surface area contributed by atoms with E-state index in [2.05, 4.69) is 18.2 Å². The van der Waals surface area contributed by atoms with Gasteiger partial charge in [0.1, 0.15) is 6.10 Å². The number of hydrogen-bond acceptors (Lipinski definition) is 6. The molecule has 2 fully saturated rings. The van der Waals surface area contributed by atoms with E-state index in [1.54, 1.807) is 31.2 Å². The molecule has 6 nitrogen and oxygen atoms in total. The highest BCUT2D eigenvalue weighted by atomic mass is 35.5. The van der Waals surface area contributed by atoms with E-state index in [0.29, 0.717) is 16.1 Å². The van der Waals surface area contributed by atoms with Crippen LogP contribution in [0.2, 0.25) is 10.0 Å². The lowest BCUT2D eigenvalue weighted by atomic mass is 9.53. The molecule has 0 saturated carbocycles. The first-order valence-corrected chi connectivity index (χ1v) is 11.9. The second-order valence-corrected chi connectivity index (χ2v) is 9.73. The number of nitrogens with one attached hydrogen (secondary N) is 1. The summed E-state index contributed by atoms with van der Waals surface area (Å²) in [5.41, 5.74) is -1.20. The van der Waals surface area contributed by atoms with Crippen LogP contribution in [0.15, 0.2) is 72.8 Å². The van der Waals surface area contributed by atoms with Crippen molar-refractivity contribution in [2.24, 2.45) is 16.7 Å². The molecule has 0 radical (unpaired) electrons. The summed E-state index contributed by atoms with van der Waals surface area (Å²) in [6.07, 6.45) is -1.22. The summed E-state index contributed by atoms with van der Waals surface area (Å²) < 4.78 is 12.5. The molecule has 0 amide bonds. The summed E-state index contributed by atoms with van der Waals surface area (Å²) in [6, 6.07) is 27.9. The second kappa shape index (κ2) is 8.37. The molecule has 2 saturated heterocycles. The molecule has 8 heteroatoms. The van der Waals surface area contributed by atoms with Crippen LogP contribution >= 0.6 is 23.2 Å². The van der Waals surface area contributed by atoms with Gasteiger partial charge in [0, 0.05) is 10.6 Å². The highest BCUT2D eigenvalue weighted by Gasteiger charge is 2.80. The van der Waals surface area contributed by atoms with Crippen molar-refractivity contribution in [2.75, 3.05) is 0 Å². The summed E-state index contributed by atoms with van der Waals surface area (Å²) in [7, 11) is 0. The Morgan fingerprint density at radius 3 is 2.08 bits per heavy atom. The van der Waals surface area contributed by atoms with Gasteiger partial charge in [-0.05, 0) is 34.9 Å². The monoisotopic (exact) mass is 512 g/mol. The Bertz CT molecular complexity index is 1490. The lowest BCUT2D eigenvalue weighted by molar-refractivity contribution is -0.288. The molecule has 3 aromatic rings. The summed E-state index contributed by atoms with van der Waals surface area (Å²) >= 11 is 12.7. The average molecular weight is 513 g/mol. The maximum atomic E-state index is 10.5. The minimum atomic E-state index is -2.06. The maximum Gasteiger partial charge on any atom is 0.245 e. The average Bonchev–Trinajstić information content (AvgIpc) is 3.05. The molecular formula is C28H18Cl2N4O2. The van der Waals surface area contributed by atoms with Gasteiger partial charge in [0.15, 0.2) is 5.41 Å². The molecular weight excluding hydrogens is 495 g/mol. The Morgan fingerprint density at radius 1 is 0.861 bits per heavy atom. The zero-order chi connectivity index (χ0) is 25.7. The highest BCUT2D eigenvalue weighted by Crippen LogP contribution is 2.69. The number of nitrogens with zero attached hydrogens (tertiary/aromatic N) is 3. The van der Waals surface area contributed by atoms with Crippen LogP contribution in [0.4, 0.5) is 0 Å². The lowest BCUT2D eigenvalue weighted by Crippen LogP contribution is -2.57. The third kappa shape index (κ3) is 2.95. The van der Waals surface area contributed by atoms with E-state index in [1.165, 1.54) is 6.07 Å². The molecule has 0 aromatic heterocycles. The number of fused-ring (bicyclic) bond motifs is 2. The summed E-state index contributed by atoms with van der Waals surface area (Å²) in [6.45, 7) is 1.63. The molecule has 2 heterocycles. The third-order valence-electron chi connectivity index (χ3n) is 7.30. The van der Waals surface area contributed by atoms with Crippen LogP contribution in [0.3, 0.4) is 0 Å². The van der Waals surface area contributed by atoms with Crippen LogP contribution in [-0.4, -0.2) is 5.90 Å². The van der Waals surface area contributed by atoms with Gasteiger partial charge in [-0.2, -0.15) is 15.8 Å². The smallest absolute Gasteiger partial charge is 0.245 e. The first-order chi connectivity index (χ1) is 17.3. The zero-order valence-corrected chi connectivity index (χ0v) is 20.5. The van der Waals surface area contributed by atoms with Gasteiger partial charge >= 0.3 is 0 Å². The molecule has 2 aliphatic heterocycles. The second-order valence-electron chi connectivity index (χ2n) is 8.88. The molecule has 0 aliphatic carbocycles. The predicted octanol–water partition coefficient (Wildman–Crippen LogP) is 6.77. The Morgan fingerprint density at radius 2 is 1.50 bits per heavy atom. The van der Waals surface area contributed by atoms with Crippen LogP contribution < -0.4 is 0 Å². The first-order valence-electron chi connectivity index (χ1n) is 11.1. The fraction of sp³-hybridized carbons (Fsp3) is 0.214. The maximum absolute atomic E-state index is 10.5. The molecule has 2 aliphatic rings. The number of benzene rings is 3. The van der Waals surface area contributed by atoms with Crippen molar-refractivity contribution >= 4 is 29.1 Å². The van der Waals surface area contributed by atoms with Crippen LogP contribution in [0.25, 0.3) is 11.1 Å². The molecule has 3 aromatic carbocycles. The molecule has 176 valence electrons. The predicted molar refractivity (Wildman–Crippen MR) is 134 cm³/mol. The number of ether oxygens (including phenoxy) is 2. The van der Waals surface area contributed by atoms with Gasteiger partial charge in [-0.3, -0.25) is 5.41 Å². The van der Waals surface area contributed by atoms with E-state index in [-0.39, 0.29) is 5.02 Å². The van der Waals surface area contributed by atoms with E-state index >= 15 is 0 Å². The summed E-state index contributed by atoms with van der Waals surface area (Å²) in [5, 5.41) is 40.6. The Balaban J connectivity index is 1.73. The van der Waals surface area contributed by atoms with Crippen molar-refractivity contribution in [1.82, 2.24) is 0 Å². The fourth-order valence-corrected chi connectivity index (χ4v) is 5.94. The van der Waals surface area contributed by atoms with Crippen LogP contribution in [0.5, 0.6) is 0 Å². The standard InChI is InChI=1S/C28H18Cl2N4O2/c1-17-27(16-33)25(34)36-28(17,22-12-11-21(29)13-23(22)30)35-24(26(27,14-31)15-32)20-9-7-19(8-10-20)18-5-3-2-4-6-18/h2-13,17,24,34H,1H3. The van der Waals surface area contributed by atoms with Gasteiger partial charge in [-0.25, -0.2) is 0 Å². The molecule has 36 heavy (non-hydrogen) atoms. The van der Waals surface area contributed by atoms with Crippen LogP contribution in [0, 0.1) is 56.2 Å². The van der Waals surface area contributed by atoms with Gasteiger partial charge in [0.2, 0.25) is 17.1 Å². The minimum Gasteiger partial charge on any atom is -0.443 e. The van der Waals surface area contributed by atoms with Gasteiger partial charge in [0.05, 0.1) is 29.1 Å². The number of halogens is 2. The number of rotatable bonds is 3. The highest BCUT2D eigenvalue weighted by molar-refractivity contribution is 6.35. The molecule has 2 bridgehead atoms. The van der Waals surface area contributed by atoms with E-state index in [1.807, 2.05) is 42.5 Å². The van der Waals surface area contributed by atoms with Crippen molar-refractivity contribution in [3.63, 3.8) is 0 Å². The quantitative estimate of drug-likeness (QED) is 0.415. The molecule has 0 spiro atoms. The minimum absolute atomic E-state index is 0.218. The number of nitriles is 3. The van der Waals surface area contributed by atoms with Crippen molar-refractivity contribution < 1.29 is 9.47 Å². The SMILES string of the molecule is CC1C2(c3ccc(Cl)cc3Cl)OC(=N)C1(C#N)C(C#N)(C#N)C(c1ccc(-c3ccccc3)cc1)O2. The topological polar surface area (TPSA) is 114 Å². The summed E-state index contributed by atoms with van der Waals surface area (Å²) in [5.74, 6) is -3.11. The Kier molecular flexibility index (Phi) is 5.55. The van der Waals surface area contributed by atoms with E-state index < -0.39 is 34.5 Å². The van der Waals surface area contributed by atoms with Gasteiger partial charge < -0.3 is 9.47 Å². The van der Waals surface area contributed by atoms with Crippen molar-refractivity contribution in [1.29, 1.82) is 21.2 Å². The van der Waals surface area contributed by atoms with Crippen molar-refractivity contribution in [2.45, 2.75) is 18.8 Å². The third-order valence-corrected chi connectivity index (χ3v) is 7.84. The molecule has 5 rings (SSSR count). The summed E-state index contributed by atoms with van der Waals surface area (Å²) in [4.78, 5) is 0.